The number of carbonyl (C=O) groups is 1. The maximum Gasteiger partial charge on any atom is 0.433 e. The summed E-state index contributed by atoms with van der Waals surface area (Å²) in [4.78, 5) is 20.1. The van der Waals surface area contributed by atoms with Crippen LogP contribution >= 0.6 is 43.6 Å². The number of anilines is 1. The van der Waals surface area contributed by atoms with Crippen molar-refractivity contribution in [2.45, 2.75) is 11.3 Å². The van der Waals surface area contributed by atoms with E-state index < -0.39 is 17.8 Å². The number of rotatable bonds is 6. The zero-order valence-corrected chi connectivity index (χ0v) is 19.8. The van der Waals surface area contributed by atoms with Crippen molar-refractivity contribution in [1.82, 2.24) is 9.97 Å². The number of amides is 1. The fraction of sp³-hybridized carbons (Fsp3) is 0.150. The minimum absolute atomic E-state index is 0.0996. The van der Waals surface area contributed by atoms with Crippen LogP contribution in [0.2, 0.25) is 0 Å². The number of benzene rings is 2. The molecule has 0 radical (unpaired) electrons. The highest BCUT2D eigenvalue weighted by molar-refractivity contribution is 9.11. The van der Waals surface area contributed by atoms with Crippen LogP contribution in [0.3, 0.4) is 0 Å². The zero-order chi connectivity index (χ0) is 22.6. The summed E-state index contributed by atoms with van der Waals surface area (Å²) < 4.78 is 46.5. The second-order valence-electron chi connectivity index (χ2n) is 6.11. The molecule has 1 aromatic heterocycles. The Labute approximate surface area is 197 Å². The molecule has 0 aliphatic heterocycles. The number of ether oxygens (including phenoxy) is 1. The molecule has 3 aromatic rings. The van der Waals surface area contributed by atoms with Crippen LogP contribution in [0.15, 0.2) is 62.6 Å². The van der Waals surface area contributed by atoms with Crippen LogP contribution in [0.4, 0.5) is 18.9 Å². The molecule has 31 heavy (non-hydrogen) atoms. The number of hydrogen-bond acceptors (Lipinski definition) is 5. The molecular formula is C20H14Br2F3N3O2S. The Kier molecular flexibility index (Phi) is 7.60. The van der Waals surface area contributed by atoms with E-state index in [-0.39, 0.29) is 16.6 Å². The highest BCUT2D eigenvalue weighted by Gasteiger charge is 2.34. The van der Waals surface area contributed by atoms with Crippen LogP contribution in [-0.4, -0.2) is 28.7 Å². The van der Waals surface area contributed by atoms with Crippen molar-refractivity contribution in [3.05, 3.63) is 63.2 Å². The molecule has 5 nitrogen and oxygen atoms in total. The third-order valence-corrected chi connectivity index (χ3v) is 5.95. The van der Waals surface area contributed by atoms with E-state index in [4.69, 9.17) is 4.74 Å². The van der Waals surface area contributed by atoms with Gasteiger partial charge in [-0.15, -0.1) is 0 Å². The van der Waals surface area contributed by atoms with Crippen molar-refractivity contribution in [3.8, 4) is 17.0 Å². The van der Waals surface area contributed by atoms with Crippen LogP contribution in [-0.2, 0) is 11.0 Å². The van der Waals surface area contributed by atoms with Gasteiger partial charge in [0, 0.05) is 14.5 Å². The maximum atomic E-state index is 13.3. The molecule has 0 spiro atoms. The Morgan fingerprint density at radius 2 is 1.81 bits per heavy atom. The molecule has 2 aromatic carbocycles. The van der Waals surface area contributed by atoms with Gasteiger partial charge in [0.25, 0.3) is 0 Å². The normalized spacial score (nSPS) is 11.3. The van der Waals surface area contributed by atoms with Gasteiger partial charge in [-0.3, -0.25) is 4.79 Å². The predicted octanol–water partition coefficient (Wildman–Crippen LogP) is 6.43. The van der Waals surface area contributed by atoms with Crippen molar-refractivity contribution in [1.29, 1.82) is 0 Å². The molecule has 0 aliphatic carbocycles. The number of alkyl halides is 3. The van der Waals surface area contributed by atoms with Crippen LogP contribution in [0.25, 0.3) is 11.3 Å². The minimum Gasteiger partial charge on any atom is -0.497 e. The van der Waals surface area contributed by atoms with Crippen molar-refractivity contribution in [3.63, 3.8) is 0 Å². The lowest BCUT2D eigenvalue weighted by Crippen LogP contribution is -2.15. The van der Waals surface area contributed by atoms with Gasteiger partial charge in [0.2, 0.25) is 5.91 Å². The average molecular weight is 577 g/mol. The van der Waals surface area contributed by atoms with Gasteiger partial charge in [0.15, 0.2) is 5.16 Å². The maximum absolute atomic E-state index is 13.3. The van der Waals surface area contributed by atoms with Crippen LogP contribution < -0.4 is 10.1 Å². The molecule has 0 unspecified atom stereocenters. The van der Waals surface area contributed by atoms with Gasteiger partial charge in [-0.25, -0.2) is 9.97 Å². The summed E-state index contributed by atoms with van der Waals surface area (Å²) >= 11 is 7.47. The van der Waals surface area contributed by atoms with Crippen molar-refractivity contribution in [2.75, 3.05) is 18.2 Å². The number of nitrogens with one attached hydrogen (secondary N) is 1. The highest BCUT2D eigenvalue weighted by Crippen LogP contribution is 2.32. The number of thioether (sulfide) groups is 1. The number of halogens is 5. The Hall–Kier alpha value is -2.11. The second-order valence-corrected chi connectivity index (χ2v) is 8.82. The molecule has 0 aliphatic rings. The monoisotopic (exact) mass is 575 g/mol. The summed E-state index contributed by atoms with van der Waals surface area (Å²) in [7, 11) is 1.49. The van der Waals surface area contributed by atoms with Crippen LogP contribution in [0.5, 0.6) is 5.75 Å². The molecule has 0 atom stereocenters. The van der Waals surface area contributed by atoms with Gasteiger partial charge < -0.3 is 10.1 Å². The van der Waals surface area contributed by atoms with E-state index in [0.717, 1.165) is 22.3 Å². The lowest BCUT2D eigenvalue weighted by molar-refractivity contribution is -0.141. The molecular weight excluding hydrogens is 563 g/mol. The number of aromatic nitrogens is 2. The summed E-state index contributed by atoms with van der Waals surface area (Å²) in [5.74, 6) is -0.00267. The Balaban J connectivity index is 1.81. The van der Waals surface area contributed by atoms with E-state index >= 15 is 0 Å². The molecule has 11 heteroatoms. The summed E-state index contributed by atoms with van der Waals surface area (Å²) in [6, 6.07) is 12.6. The van der Waals surface area contributed by atoms with Crippen molar-refractivity contribution < 1.29 is 22.7 Å². The molecule has 3 rings (SSSR count). The molecule has 1 amide bonds. The van der Waals surface area contributed by atoms with Gasteiger partial charge >= 0.3 is 6.18 Å². The van der Waals surface area contributed by atoms with E-state index in [0.29, 0.717) is 21.5 Å². The van der Waals surface area contributed by atoms with Crippen molar-refractivity contribution >= 4 is 55.2 Å². The van der Waals surface area contributed by atoms with Gasteiger partial charge in [-0.2, -0.15) is 13.2 Å². The first kappa shape index (κ1) is 23.6. The largest absolute Gasteiger partial charge is 0.497 e. The van der Waals surface area contributed by atoms with E-state index in [1.165, 1.54) is 7.11 Å². The number of hydrogen-bond donors (Lipinski definition) is 1. The smallest absolute Gasteiger partial charge is 0.433 e. The SMILES string of the molecule is COc1ccc(-c2cc(C(F)(F)F)nc(SCC(=O)Nc3cc(Br)ccc3Br)n2)cc1. The van der Waals surface area contributed by atoms with E-state index in [1.54, 1.807) is 42.5 Å². The number of nitrogens with zero attached hydrogens (tertiary/aromatic N) is 2. The first-order valence-electron chi connectivity index (χ1n) is 8.64. The lowest BCUT2D eigenvalue weighted by atomic mass is 10.1. The fourth-order valence-corrected chi connectivity index (χ4v) is 3.82. The summed E-state index contributed by atoms with van der Waals surface area (Å²) in [6.45, 7) is 0. The second kappa shape index (κ2) is 10.0. The summed E-state index contributed by atoms with van der Waals surface area (Å²) in [5, 5.41) is 2.55. The van der Waals surface area contributed by atoms with Crippen molar-refractivity contribution in [2.24, 2.45) is 0 Å². The minimum atomic E-state index is -4.65. The van der Waals surface area contributed by atoms with Gasteiger partial charge in [-0.1, -0.05) is 27.7 Å². The Morgan fingerprint density at radius 1 is 1.10 bits per heavy atom. The molecule has 0 saturated carbocycles. The van der Waals surface area contributed by atoms with Crippen LogP contribution in [0, 0.1) is 0 Å². The van der Waals surface area contributed by atoms with E-state index in [1.807, 2.05) is 0 Å². The van der Waals surface area contributed by atoms with E-state index in [2.05, 4.69) is 47.1 Å². The molecule has 1 N–H and O–H groups in total. The molecule has 0 saturated heterocycles. The Morgan fingerprint density at radius 3 is 2.45 bits per heavy atom. The number of methoxy groups -OCH3 is 1. The first-order valence-corrected chi connectivity index (χ1v) is 11.2. The molecule has 0 bridgehead atoms. The molecule has 1 heterocycles. The summed E-state index contributed by atoms with van der Waals surface area (Å²) in [6.07, 6.45) is -4.65. The Bertz CT molecular complexity index is 1100. The third-order valence-electron chi connectivity index (χ3n) is 3.92. The predicted molar refractivity (Wildman–Crippen MR) is 120 cm³/mol. The topological polar surface area (TPSA) is 64.1 Å². The molecule has 162 valence electrons. The average Bonchev–Trinajstić information content (AvgIpc) is 2.74. The van der Waals surface area contributed by atoms with Gasteiger partial charge in [-0.05, 0) is 64.5 Å². The third kappa shape index (κ3) is 6.44. The first-order chi connectivity index (χ1) is 14.7. The standard InChI is InChI=1S/C20H14Br2F3N3O2S/c1-30-13-5-2-11(3-6-13)15-9-17(20(23,24)25)28-19(27-15)31-10-18(29)26-16-8-12(21)4-7-14(16)22/h2-9H,10H2,1H3,(H,26,29). The van der Waals surface area contributed by atoms with E-state index in [9.17, 15) is 18.0 Å². The molecule has 0 fully saturated rings. The zero-order valence-electron chi connectivity index (χ0n) is 15.8. The van der Waals surface area contributed by atoms with Gasteiger partial charge in [0.05, 0.1) is 24.2 Å². The quantitative estimate of drug-likeness (QED) is 0.271. The summed E-state index contributed by atoms with van der Waals surface area (Å²) in [5.41, 5.74) is 0.0236. The fourth-order valence-electron chi connectivity index (χ4n) is 2.45. The van der Waals surface area contributed by atoms with Gasteiger partial charge in [0.1, 0.15) is 11.4 Å². The number of carbonyl (C=O) groups excluding carboxylic acids is 1. The lowest BCUT2D eigenvalue weighted by Gasteiger charge is -2.11. The van der Waals surface area contributed by atoms with Crippen LogP contribution in [0.1, 0.15) is 5.69 Å². The highest BCUT2D eigenvalue weighted by atomic mass is 79.9.